The Morgan fingerprint density at radius 1 is 1.24 bits per heavy atom. The molecule has 0 radical (unpaired) electrons. The van der Waals surface area contributed by atoms with Gasteiger partial charge in [-0.15, -0.1) is 0 Å². The average Bonchev–Trinajstić information content (AvgIpc) is 2.49. The molecule has 0 spiro atoms. The summed E-state index contributed by atoms with van der Waals surface area (Å²) in [4.78, 5) is 11.8. The lowest BCUT2D eigenvalue weighted by atomic mass is 10.3. The molecule has 0 saturated carbocycles. The van der Waals surface area contributed by atoms with Crippen LogP contribution in [0, 0.1) is 5.82 Å². The van der Waals surface area contributed by atoms with Crippen LogP contribution in [0.2, 0.25) is 5.02 Å². The second-order valence-corrected chi connectivity index (χ2v) is 4.69. The van der Waals surface area contributed by atoms with E-state index in [2.05, 4.69) is 10.6 Å². The number of ether oxygens (including phenoxy) is 1. The molecule has 0 atom stereocenters. The number of hydrogen-bond acceptors (Lipinski definition) is 3. The van der Waals surface area contributed by atoms with E-state index >= 15 is 0 Å². The molecule has 0 aliphatic rings. The Morgan fingerprint density at radius 2 is 1.95 bits per heavy atom. The van der Waals surface area contributed by atoms with Crippen LogP contribution in [0.4, 0.5) is 15.8 Å². The molecule has 2 N–H and O–H groups in total. The fourth-order valence-electron chi connectivity index (χ4n) is 1.68. The van der Waals surface area contributed by atoms with Crippen molar-refractivity contribution >= 4 is 28.9 Å². The van der Waals surface area contributed by atoms with Gasteiger partial charge in [0.2, 0.25) is 5.91 Å². The van der Waals surface area contributed by atoms with Gasteiger partial charge in [-0.3, -0.25) is 4.79 Å². The summed E-state index contributed by atoms with van der Waals surface area (Å²) in [5.74, 6) is -0.230. The first kappa shape index (κ1) is 15.1. The van der Waals surface area contributed by atoms with Crippen LogP contribution in [-0.2, 0) is 4.79 Å². The lowest BCUT2D eigenvalue weighted by Crippen LogP contribution is -2.22. The first-order valence-corrected chi connectivity index (χ1v) is 6.59. The van der Waals surface area contributed by atoms with E-state index in [0.717, 1.165) is 0 Å². The molecule has 110 valence electrons. The van der Waals surface area contributed by atoms with Crippen LogP contribution in [0.1, 0.15) is 0 Å². The van der Waals surface area contributed by atoms with Gasteiger partial charge in [-0.1, -0.05) is 11.6 Å². The molecule has 0 saturated heterocycles. The molecule has 0 fully saturated rings. The lowest BCUT2D eigenvalue weighted by Gasteiger charge is -2.10. The van der Waals surface area contributed by atoms with Gasteiger partial charge in [0.05, 0.1) is 19.3 Å². The second kappa shape index (κ2) is 6.95. The molecule has 0 aliphatic carbocycles. The summed E-state index contributed by atoms with van der Waals surface area (Å²) >= 11 is 5.76. The number of rotatable bonds is 5. The Labute approximate surface area is 126 Å². The third-order valence-electron chi connectivity index (χ3n) is 2.74. The third kappa shape index (κ3) is 4.36. The zero-order chi connectivity index (χ0) is 15.2. The summed E-state index contributed by atoms with van der Waals surface area (Å²) in [6.07, 6.45) is 0. The Balaban J connectivity index is 1.93. The van der Waals surface area contributed by atoms with Crippen molar-refractivity contribution in [3.63, 3.8) is 0 Å². The van der Waals surface area contributed by atoms with Crippen molar-refractivity contribution in [2.45, 2.75) is 0 Å². The maximum atomic E-state index is 13.6. The first-order chi connectivity index (χ1) is 10.1. The molecule has 6 heteroatoms. The minimum atomic E-state index is -0.449. The molecule has 0 heterocycles. The highest BCUT2D eigenvalue weighted by atomic mass is 35.5. The van der Waals surface area contributed by atoms with Gasteiger partial charge >= 0.3 is 0 Å². The van der Waals surface area contributed by atoms with Crippen LogP contribution in [0.15, 0.2) is 42.5 Å². The number of amides is 1. The summed E-state index contributed by atoms with van der Waals surface area (Å²) in [5.41, 5.74) is 0.831. The van der Waals surface area contributed by atoms with Crippen LogP contribution >= 0.6 is 11.6 Å². The highest BCUT2D eigenvalue weighted by molar-refractivity contribution is 6.30. The van der Waals surface area contributed by atoms with Crippen LogP contribution in [0.5, 0.6) is 5.75 Å². The first-order valence-electron chi connectivity index (χ1n) is 6.21. The molecular weight excluding hydrogens is 295 g/mol. The van der Waals surface area contributed by atoms with Crippen molar-refractivity contribution in [1.29, 1.82) is 0 Å². The van der Waals surface area contributed by atoms with Crippen LogP contribution in [0.25, 0.3) is 0 Å². The zero-order valence-corrected chi connectivity index (χ0v) is 12.1. The maximum absolute atomic E-state index is 13.6. The van der Waals surface area contributed by atoms with E-state index in [-0.39, 0.29) is 18.1 Å². The molecule has 0 aliphatic heterocycles. The van der Waals surface area contributed by atoms with Gasteiger partial charge in [0.1, 0.15) is 11.6 Å². The number of benzene rings is 2. The van der Waals surface area contributed by atoms with E-state index in [1.807, 2.05) is 0 Å². The molecule has 4 nitrogen and oxygen atoms in total. The van der Waals surface area contributed by atoms with Gasteiger partial charge < -0.3 is 15.4 Å². The van der Waals surface area contributed by atoms with Gasteiger partial charge in [-0.2, -0.15) is 0 Å². The van der Waals surface area contributed by atoms with E-state index < -0.39 is 5.82 Å². The van der Waals surface area contributed by atoms with E-state index in [9.17, 15) is 9.18 Å². The van der Waals surface area contributed by atoms with Crippen molar-refractivity contribution in [2.75, 3.05) is 24.3 Å². The molecule has 2 rings (SSSR count). The molecule has 0 unspecified atom stereocenters. The van der Waals surface area contributed by atoms with Gasteiger partial charge in [-0.25, -0.2) is 4.39 Å². The minimum Gasteiger partial charge on any atom is -0.497 e. The standard InChI is InChI=1S/C15H14ClFN2O2/c1-21-12-6-7-13(17)14(8-12)18-9-15(20)19-11-4-2-10(16)3-5-11/h2-8,18H,9H2,1H3,(H,19,20). The Hall–Kier alpha value is -2.27. The molecule has 0 aromatic heterocycles. The van der Waals surface area contributed by atoms with E-state index in [4.69, 9.17) is 16.3 Å². The number of nitrogens with one attached hydrogen (secondary N) is 2. The number of carbonyl (C=O) groups excluding carboxylic acids is 1. The second-order valence-electron chi connectivity index (χ2n) is 4.25. The largest absolute Gasteiger partial charge is 0.497 e. The molecule has 1 amide bonds. The summed E-state index contributed by atoms with van der Waals surface area (Å²) < 4.78 is 18.6. The van der Waals surface area contributed by atoms with Crippen molar-refractivity contribution in [2.24, 2.45) is 0 Å². The lowest BCUT2D eigenvalue weighted by molar-refractivity contribution is -0.114. The third-order valence-corrected chi connectivity index (χ3v) is 2.99. The molecule has 2 aromatic carbocycles. The Morgan fingerprint density at radius 3 is 2.62 bits per heavy atom. The van der Waals surface area contributed by atoms with Crippen molar-refractivity contribution in [3.05, 3.63) is 53.3 Å². The summed E-state index contributed by atoms with van der Waals surface area (Å²) in [7, 11) is 1.49. The average molecular weight is 309 g/mol. The van der Waals surface area contributed by atoms with Crippen molar-refractivity contribution in [1.82, 2.24) is 0 Å². The smallest absolute Gasteiger partial charge is 0.243 e. The fourth-order valence-corrected chi connectivity index (χ4v) is 1.81. The zero-order valence-electron chi connectivity index (χ0n) is 11.3. The predicted octanol–water partition coefficient (Wildman–Crippen LogP) is 3.54. The van der Waals surface area contributed by atoms with Crippen LogP contribution in [0.3, 0.4) is 0 Å². The summed E-state index contributed by atoms with van der Waals surface area (Å²) in [6.45, 7) is -0.0628. The quantitative estimate of drug-likeness (QED) is 0.888. The molecule has 2 aromatic rings. The minimum absolute atomic E-state index is 0.0628. The van der Waals surface area contributed by atoms with Gasteiger partial charge in [0, 0.05) is 16.8 Å². The summed E-state index contributed by atoms with van der Waals surface area (Å²) in [6, 6.07) is 11.0. The van der Waals surface area contributed by atoms with E-state index in [1.54, 1.807) is 24.3 Å². The highest BCUT2D eigenvalue weighted by Crippen LogP contribution is 2.20. The number of methoxy groups -OCH3 is 1. The highest BCUT2D eigenvalue weighted by Gasteiger charge is 2.07. The van der Waals surface area contributed by atoms with Crippen LogP contribution < -0.4 is 15.4 Å². The van der Waals surface area contributed by atoms with Gasteiger partial charge in [0.15, 0.2) is 0 Å². The van der Waals surface area contributed by atoms with Crippen LogP contribution in [-0.4, -0.2) is 19.6 Å². The number of halogens is 2. The SMILES string of the molecule is COc1ccc(F)c(NCC(=O)Nc2ccc(Cl)cc2)c1. The van der Waals surface area contributed by atoms with E-state index in [1.165, 1.54) is 25.3 Å². The summed E-state index contributed by atoms with van der Waals surface area (Å²) in [5, 5.41) is 5.99. The predicted molar refractivity (Wildman–Crippen MR) is 81.5 cm³/mol. The van der Waals surface area contributed by atoms with Gasteiger partial charge in [0.25, 0.3) is 0 Å². The number of hydrogen-bond donors (Lipinski definition) is 2. The number of anilines is 2. The molecular formula is C15H14ClFN2O2. The van der Waals surface area contributed by atoms with Gasteiger partial charge in [-0.05, 0) is 36.4 Å². The monoisotopic (exact) mass is 308 g/mol. The normalized spacial score (nSPS) is 10.0. The van der Waals surface area contributed by atoms with Crippen molar-refractivity contribution in [3.8, 4) is 5.75 Å². The Kier molecular flexibility index (Phi) is 5.00. The molecule has 0 bridgehead atoms. The fraction of sp³-hybridized carbons (Fsp3) is 0.133. The molecule has 21 heavy (non-hydrogen) atoms. The topological polar surface area (TPSA) is 50.4 Å². The van der Waals surface area contributed by atoms with Crippen molar-refractivity contribution < 1.29 is 13.9 Å². The maximum Gasteiger partial charge on any atom is 0.243 e. The number of carbonyl (C=O) groups is 1. The van der Waals surface area contributed by atoms with E-state index in [0.29, 0.717) is 16.5 Å². The Bertz CT molecular complexity index is 632.